The number of nitrogens with one attached hydrogen (secondary N) is 1. The zero-order valence-electron chi connectivity index (χ0n) is 14.5. The largest absolute Gasteiger partial charge is 0.504 e. The Morgan fingerprint density at radius 1 is 1.43 bits per heavy atom. The van der Waals surface area contributed by atoms with Crippen LogP contribution in [0.1, 0.15) is 18.4 Å². The zero-order valence-corrected chi connectivity index (χ0v) is 16.9. The van der Waals surface area contributed by atoms with Crippen molar-refractivity contribution in [2.24, 2.45) is 9.98 Å². The maximum atomic E-state index is 10.9. The molecule has 0 amide bonds. The third kappa shape index (κ3) is 2.23. The quantitative estimate of drug-likeness (QED) is 0.345. The number of aliphatic hydroxyl groups is 1. The van der Waals surface area contributed by atoms with Crippen molar-refractivity contribution in [3.8, 4) is 5.75 Å². The Balaban J connectivity index is 0.000000538. The lowest BCUT2D eigenvalue weighted by molar-refractivity contribution is -0.122. The predicted molar refractivity (Wildman–Crippen MR) is 111 cm³/mol. The van der Waals surface area contributed by atoms with E-state index in [4.69, 9.17) is 14.9 Å². The molecule has 144 valence electrons. The molecule has 4 heterocycles. The van der Waals surface area contributed by atoms with Gasteiger partial charge in [-0.1, -0.05) is 22.0 Å². The van der Waals surface area contributed by atoms with Crippen molar-refractivity contribution < 1.29 is 20.1 Å². The summed E-state index contributed by atoms with van der Waals surface area (Å²) in [4.78, 5) is 18.8. The summed E-state index contributed by atoms with van der Waals surface area (Å²) in [6, 6.07) is 0. The fourth-order valence-electron chi connectivity index (χ4n) is 4.65. The van der Waals surface area contributed by atoms with E-state index >= 15 is 0 Å². The number of aromatic hydroxyl groups is 1. The van der Waals surface area contributed by atoms with Gasteiger partial charge in [0.25, 0.3) is 6.47 Å². The summed E-state index contributed by atoms with van der Waals surface area (Å²) in [6.07, 6.45) is 7.04. The number of fused-ring (bicyclic) bond motifs is 3. The Kier molecular flexibility index (Phi) is 3.98. The van der Waals surface area contributed by atoms with Crippen molar-refractivity contribution in [3.63, 3.8) is 0 Å². The van der Waals surface area contributed by atoms with Gasteiger partial charge in [-0.3, -0.25) is 14.8 Å². The molecule has 1 fully saturated rings. The van der Waals surface area contributed by atoms with Crippen molar-refractivity contribution in [1.29, 1.82) is 0 Å². The van der Waals surface area contributed by atoms with E-state index in [1.165, 1.54) is 0 Å². The smallest absolute Gasteiger partial charge is 0.290 e. The Morgan fingerprint density at radius 2 is 2.21 bits per heavy atom. The maximum absolute atomic E-state index is 10.9. The molecule has 4 aliphatic heterocycles. The highest BCUT2D eigenvalue weighted by Gasteiger charge is 2.53. The highest BCUT2D eigenvalue weighted by molar-refractivity contribution is 9.11. The number of anilines is 1. The minimum Gasteiger partial charge on any atom is -0.504 e. The zero-order chi connectivity index (χ0) is 19.6. The standard InChI is InChI=1S/C18H14BrN3O2S.CH2O2/c19-8-4-18-5-11(25-10(18)3-9(8)23)22-16-13(18)14-12-7(1-2-20-14)6-21-15(12)17(16)24;2-1-3/h3-4,6,9,11,22-24H,1-2,5H2;1H,(H,2,3). The van der Waals surface area contributed by atoms with E-state index in [1.54, 1.807) is 11.8 Å². The fourth-order valence-corrected chi connectivity index (χ4v) is 6.67. The Hall–Kier alpha value is -2.10. The van der Waals surface area contributed by atoms with Gasteiger partial charge in [0.05, 0.1) is 21.8 Å². The first-order valence-corrected chi connectivity index (χ1v) is 10.5. The van der Waals surface area contributed by atoms with Gasteiger partial charge in [0.15, 0.2) is 5.75 Å². The second-order valence-corrected chi connectivity index (χ2v) is 9.28. The molecule has 9 heteroatoms. The third-order valence-electron chi connectivity index (χ3n) is 5.69. The molecular weight excluding hydrogens is 446 g/mol. The average molecular weight is 462 g/mol. The fraction of sp³-hybridized carbons (Fsp3) is 0.316. The number of rotatable bonds is 0. The molecule has 28 heavy (non-hydrogen) atoms. The number of halogens is 1. The number of hydrogen-bond donors (Lipinski definition) is 4. The monoisotopic (exact) mass is 461 g/mol. The number of benzene rings is 1. The van der Waals surface area contributed by atoms with Crippen molar-refractivity contribution in [2.75, 3.05) is 11.9 Å². The SMILES string of the molecule is O=CO.Oc1c2c(c3c4c1N=CC=4CCN=3)C13C=C(Br)C(O)C=C1SC(C3)N2. The van der Waals surface area contributed by atoms with Gasteiger partial charge in [-0.2, -0.15) is 0 Å². The van der Waals surface area contributed by atoms with E-state index in [0.29, 0.717) is 5.69 Å². The lowest BCUT2D eigenvalue weighted by Crippen LogP contribution is -2.44. The third-order valence-corrected chi connectivity index (χ3v) is 7.71. The van der Waals surface area contributed by atoms with Gasteiger partial charge in [-0.25, -0.2) is 0 Å². The number of phenols is 1. The van der Waals surface area contributed by atoms with Crippen molar-refractivity contribution in [3.05, 3.63) is 37.7 Å². The topological polar surface area (TPSA) is 115 Å². The van der Waals surface area contributed by atoms with Crippen molar-refractivity contribution >= 4 is 57.3 Å². The summed E-state index contributed by atoms with van der Waals surface area (Å²) in [6.45, 7) is 0.490. The lowest BCUT2D eigenvalue weighted by Gasteiger charge is -2.37. The van der Waals surface area contributed by atoms with E-state index in [2.05, 4.69) is 32.3 Å². The maximum Gasteiger partial charge on any atom is 0.290 e. The molecule has 1 aromatic carbocycles. The molecule has 4 N–H and O–H groups in total. The van der Waals surface area contributed by atoms with Crippen LogP contribution in [-0.4, -0.2) is 46.0 Å². The minimum atomic E-state index is -0.613. The van der Waals surface area contributed by atoms with Crippen LogP contribution < -0.4 is 15.9 Å². The number of carboxylic acid groups (broad SMARTS) is 1. The van der Waals surface area contributed by atoms with E-state index in [-0.39, 0.29) is 23.0 Å². The van der Waals surface area contributed by atoms with Crippen LogP contribution in [-0.2, 0) is 10.2 Å². The van der Waals surface area contributed by atoms with Crippen LogP contribution >= 0.6 is 27.7 Å². The van der Waals surface area contributed by atoms with Gasteiger partial charge < -0.3 is 20.6 Å². The van der Waals surface area contributed by atoms with Crippen LogP contribution in [0.25, 0.3) is 5.57 Å². The van der Waals surface area contributed by atoms with Crippen molar-refractivity contribution in [1.82, 2.24) is 0 Å². The second kappa shape index (κ2) is 6.20. The highest BCUT2D eigenvalue weighted by Crippen LogP contribution is 2.61. The van der Waals surface area contributed by atoms with Crippen LogP contribution in [0.15, 0.2) is 31.5 Å². The number of thioether (sulfide) groups is 1. The average Bonchev–Trinajstić information content (AvgIpc) is 3.21. The summed E-state index contributed by atoms with van der Waals surface area (Å²) in [5.74, 6) is 0.221. The molecule has 1 aliphatic carbocycles. The predicted octanol–water partition coefficient (Wildman–Crippen LogP) is 1.65. The normalized spacial score (nSPS) is 29.9. The number of hydrogen-bond acceptors (Lipinski definition) is 7. The Bertz CT molecular complexity index is 1140. The van der Waals surface area contributed by atoms with Crippen LogP contribution in [0.4, 0.5) is 11.4 Å². The molecule has 3 atom stereocenters. The number of aliphatic hydroxyl groups excluding tert-OH is 1. The molecular formula is C19H16BrN3O4S. The summed E-state index contributed by atoms with van der Waals surface area (Å²) < 4.78 is 0.772. The first-order valence-electron chi connectivity index (χ1n) is 8.81. The second-order valence-electron chi connectivity index (χ2n) is 7.12. The summed E-state index contributed by atoms with van der Waals surface area (Å²) in [5.41, 5.74) is 3.24. The molecule has 1 spiro atoms. The number of carbonyl (C=O) groups is 1. The van der Waals surface area contributed by atoms with E-state index < -0.39 is 6.10 Å². The molecule has 1 saturated heterocycles. The molecule has 0 radical (unpaired) electrons. The Morgan fingerprint density at radius 3 is 3.00 bits per heavy atom. The minimum absolute atomic E-state index is 0.161. The highest BCUT2D eigenvalue weighted by atomic mass is 79.9. The van der Waals surface area contributed by atoms with Gasteiger partial charge in [-0.15, -0.1) is 11.8 Å². The summed E-state index contributed by atoms with van der Waals surface area (Å²) in [7, 11) is 0. The van der Waals surface area contributed by atoms with E-state index in [0.717, 1.165) is 56.2 Å². The van der Waals surface area contributed by atoms with Crippen LogP contribution in [0, 0.1) is 0 Å². The van der Waals surface area contributed by atoms with Gasteiger partial charge >= 0.3 is 0 Å². The number of allylic oxidation sites excluding steroid dienone is 2. The van der Waals surface area contributed by atoms with Gasteiger partial charge in [-0.05, 0) is 24.5 Å². The first kappa shape index (κ1) is 18.0. The van der Waals surface area contributed by atoms with Crippen LogP contribution in [0.5, 0.6) is 5.75 Å². The number of nitrogens with zero attached hydrogens (tertiary/aromatic N) is 2. The molecule has 5 aliphatic rings. The molecule has 0 saturated carbocycles. The first-order chi connectivity index (χ1) is 13.5. The summed E-state index contributed by atoms with van der Waals surface area (Å²) in [5, 5.41) is 33.7. The van der Waals surface area contributed by atoms with Gasteiger partial charge in [0, 0.05) is 32.9 Å². The van der Waals surface area contributed by atoms with E-state index in [1.807, 2.05) is 12.3 Å². The van der Waals surface area contributed by atoms with Crippen LogP contribution in [0.3, 0.4) is 0 Å². The van der Waals surface area contributed by atoms with Gasteiger partial charge in [0.2, 0.25) is 0 Å². The van der Waals surface area contributed by atoms with Gasteiger partial charge in [0.1, 0.15) is 11.8 Å². The Labute approximate surface area is 172 Å². The molecule has 1 aromatic rings. The van der Waals surface area contributed by atoms with E-state index in [9.17, 15) is 10.2 Å². The molecule has 6 rings (SSSR count). The molecule has 7 nitrogen and oxygen atoms in total. The van der Waals surface area contributed by atoms with Crippen LogP contribution in [0.2, 0.25) is 0 Å². The molecule has 2 bridgehead atoms. The molecule has 0 aromatic heterocycles. The van der Waals surface area contributed by atoms with Crippen molar-refractivity contribution in [2.45, 2.75) is 29.7 Å². The summed E-state index contributed by atoms with van der Waals surface area (Å²) >= 11 is 5.26. The number of aliphatic imine (C=N–C) groups is 1. The lowest BCUT2D eigenvalue weighted by atomic mass is 9.71. The molecule has 3 unspecified atom stereocenters. The number of phenolic OH excluding ortho intramolecular Hbond substituents is 1.